The van der Waals surface area contributed by atoms with Gasteiger partial charge in [-0.15, -0.1) is 0 Å². The van der Waals surface area contributed by atoms with E-state index in [1.165, 1.54) is 0 Å². The monoisotopic (exact) mass is 383 g/mol. The Morgan fingerprint density at radius 1 is 1.00 bits per heavy atom. The van der Waals surface area contributed by atoms with Gasteiger partial charge in [0, 0.05) is 5.39 Å². The molecule has 140 valence electrons. The van der Waals surface area contributed by atoms with Crippen LogP contribution in [0, 0.1) is 0 Å². The second kappa shape index (κ2) is 9.28. The molecule has 0 spiro atoms. The van der Waals surface area contributed by atoms with Gasteiger partial charge in [0.05, 0.1) is 11.6 Å². The third kappa shape index (κ3) is 4.92. The lowest BCUT2D eigenvalue weighted by atomic mass is 10.1. The van der Waals surface area contributed by atoms with Crippen LogP contribution in [0.2, 0.25) is 5.02 Å². The Kier molecular flexibility index (Phi) is 6.55. The van der Waals surface area contributed by atoms with Crippen molar-refractivity contribution in [3.8, 4) is 11.5 Å². The molecule has 4 nitrogen and oxygen atoms in total. The molecule has 3 rings (SSSR count). The first-order chi connectivity index (χ1) is 13.2. The number of ether oxygens (including phenoxy) is 2. The standard InChI is InChI=1S/C22H22ClNO3/c1-2-19(27-20-13-7-9-16-8-3-4-10-17(16)20)22(25)24-14-15-26-21-12-6-5-11-18(21)23/h3-13,19H,2,14-15H2,1H3,(H,24,25). The summed E-state index contributed by atoms with van der Waals surface area (Å²) in [4.78, 5) is 12.5. The van der Waals surface area contributed by atoms with Crippen molar-refractivity contribution >= 4 is 28.3 Å². The van der Waals surface area contributed by atoms with E-state index in [9.17, 15) is 4.79 Å². The number of halogens is 1. The van der Waals surface area contributed by atoms with Gasteiger partial charge in [-0.1, -0.05) is 67.1 Å². The predicted octanol–water partition coefficient (Wildman–Crippen LogP) is 4.85. The molecule has 0 aliphatic heterocycles. The lowest BCUT2D eigenvalue weighted by molar-refractivity contribution is -0.128. The van der Waals surface area contributed by atoms with Crippen LogP contribution in [-0.2, 0) is 4.79 Å². The van der Waals surface area contributed by atoms with Gasteiger partial charge in [0.15, 0.2) is 6.10 Å². The highest BCUT2D eigenvalue weighted by Gasteiger charge is 2.19. The average Bonchev–Trinajstić information content (AvgIpc) is 2.70. The van der Waals surface area contributed by atoms with E-state index in [0.29, 0.717) is 36.1 Å². The van der Waals surface area contributed by atoms with Gasteiger partial charge in [0.1, 0.15) is 18.1 Å². The summed E-state index contributed by atoms with van der Waals surface area (Å²) < 4.78 is 11.6. The van der Waals surface area contributed by atoms with Crippen LogP contribution in [0.5, 0.6) is 11.5 Å². The summed E-state index contributed by atoms with van der Waals surface area (Å²) in [7, 11) is 0. The summed E-state index contributed by atoms with van der Waals surface area (Å²) in [5.41, 5.74) is 0. The molecule has 1 N–H and O–H groups in total. The second-order valence-corrected chi connectivity index (χ2v) is 6.47. The van der Waals surface area contributed by atoms with Crippen molar-refractivity contribution in [2.45, 2.75) is 19.4 Å². The zero-order valence-corrected chi connectivity index (χ0v) is 15.9. The van der Waals surface area contributed by atoms with Gasteiger partial charge in [0.2, 0.25) is 0 Å². The summed E-state index contributed by atoms with van der Waals surface area (Å²) in [6.45, 7) is 2.63. The molecule has 0 aliphatic rings. The van der Waals surface area contributed by atoms with Crippen molar-refractivity contribution in [3.05, 3.63) is 71.8 Å². The van der Waals surface area contributed by atoms with Crippen molar-refractivity contribution in [2.75, 3.05) is 13.2 Å². The topological polar surface area (TPSA) is 47.6 Å². The van der Waals surface area contributed by atoms with Crippen molar-refractivity contribution < 1.29 is 14.3 Å². The minimum absolute atomic E-state index is 0.159. The molecule has 0 saturated carbocycles. The number of benzene rings is 3. The van der Waals surface area contributed by atoms with Gasteiger partial charge in [-0.3, -0.25) is 4.79 Å². The summed E-state index contributed by atoms with van der Waals surface area (Å²) >= 11 is 6.04. The number of para-hydroxylation sites is 1. The first kappa shape index (κ1) is 19.1. The van der Waals surface area contributed by atoms with E-state index in [4.69, 9.17) is 21.1 Å². The number of hydrogen-bond donors (Lipinski definition) is 1. The molecule has 0 aliphatic carbocycles. The van der Waals surface area contributed by atoms with Crippen LogP contribution in [0.15, 0.2) is 66.7 Å². The molecule has 3 aromatic rings. The largest absolute Gasteiger partial charge is 0.490 e. The van der Waals surface area contributed by atoms with Crippen molar-refractivity contribution in [3.63, 3.8) is 0 Å². The normalized spacial score (nSPS) is 11.8. The zero-order valence-electron chi connectivity index (χ0n) is 15.2. The lowest BCUT2D eigenvalue weighted by Crippen LogP contribution is -2.39. The minimum atomic E-state index is -0.559. The van der Waals surface area contributed by atoms with Crippen molar-refractivity contribution in [2.24, 2.45) is 0 Å². The highest BCUT2D eigenvalue weighted by molar-refractivity contribution is 6.32. The van der Waals surface area contributed by atoms with Crippen molar-refractivity contribution in [1.29, 1.82) is 0 Å². The third-order valence-corrected chi connectivity index (χ3v) is 4.49. The van der Waals surface area contributed by atoms with E-state index in [-0.39, 0.29) is 5.91 Å². The molecule has 0 radical (unpaired) electrons. The smallest absolute Gasteiger partial charge is 0.261 e. The molecular weight excluding hydrogens is 362 g/mol. The SMILES string of the molecule is CCC(Oc1cccc2ccccc12)C(=O)NCCOc1ccccc1Cl. The highest BCUT2D eigenvalue weighted by atomic mass is 35.5. The van der Waals surface area contributed by atoms with E-state index in [1.807, 2.05) is 61.5 Å². The fourth-order valence-corrected chi connectivity index (χ4v) is 2.98. The van der Waals surface area contributed by atoms with Crippen LogP contribution < -0.4 is 14.8 Å². The number of hydrogen-bond acceptors (Lipinski definition) is 3. The van der Waals surface area contributed by atoms with Crippen LogP contribution in [-0.4, -0.2) is 25.2 Å². The average molecular weight is 384 g/mol. The first-order valence-corrected chi connectivity index (χ1v) is 9.36. The van der Waals surface area contributed by atoms with Gasteiger partial charge in [-0.2, -0.15) is 0 Å². The molecule has 0 aromatic heterocycles. The molecule has 0 bridgehead atoms. The third-order valence-electron chi connectivity index (χ3n) is 4.18. The van der Waals surface area contributed by atoms with Crippen LogP contribution in [0.25, 0.3) is 10.8 Å². The molecule has 1 atom stereocenters. The van der Waals surface area contributed by atoms with E-state index in [1.54, 1.807) is 12.1 Å². The molecule has 5 heteroatoms. The fraction of sp³-hybridized carbons (Fsp3) is 0.227. The second-order valence-electron chi connectivity index (χ2n) is 6.06. The van der Waals surface area contributed by atoms with E-state index in [0.717, 1.165) is 10.8 Å². The lowest BCUT2D eigenvalue weighted by Gasteiger charge is -2.18. The maximum absolute atomic E-state index is 12.5. The van der Waals surface area contributed by atoms with Crippen LogP contribution in [0.1, 0.15) is 13.3 Å². The molecule has 0 saturated heterocycles. The number of nitrogens with one attached hydrogen (secondary N) is 1. The Morgan fingerprint density at radius 3 is 2.52 bits per heavy atom. The summed E-state index contributed by atoms with van der Waals surface area (Å²) in [5, 5.41) is 5.49. The Morgan fingerprint density at radius 2 is 1.70 bits per heavy atom. The Labute approximate surface area is 164 Å². The number of carbonyl (C=O) groups is 1. The van der Waals surface area contributed by atoms with E-state index in [2.05, 4.69) is 5.32 Å². The molecule has 1 unspecified atom stereocenters. The molecule has 0 fully saturated rings. The maximum Gasteiger partial charge on any atom is 0.261 e. The van der Waals surface area contributed by atoms with Crippen LogP contribution in [0.4, 0.5) is 0 Å². The predicted molar refractivity (Wildman–Crippen MR) is 109 cm³/mol. The van der Waals surface area contributed by atoms with Gasteiger partial charge < -0.3 is 14.8 Å². The minimum Gasteiger partial charge on any atom is -0.490 e. The fourth-order valence-electron chi connectivity index (χ4n) is 2.78. The van der Waals surface area contributed by atoms with Gasteiger partial charge >= 0.3 is 0 Å². The first-order valence-electron chi connectivity index (χ1n) is 8.98. The zero-order chi connectivity index (χ0) is 19.1. The van der Waals surface area contributed by atoms with Gasteiger partial charge in [-0.25, -0.2) is 0 Å². The summed E-state index contributed by atoms with van der Waals surface area (Å²) in [6, 6.07) is 21.1. The quantitative estimate of drug-likeness (QED) is 0.566. The molecule has 0 heterocycles. The number of fused-ring (bicyclic) bond motifs is 1. The Balaban J connectivity index is 1.55. The summed E-state index contributed by atoms with van der Waals surface area (Å²) in [6.07, 6.45) is 0.0107. The molecular formula is C22H22ClNO3. The Hall–Kier alpha value is -2.72. The molecule has 1 amide bonds. The van der Waals surface area contributed by atoms with Crippen LogP contribution >= 0.6 is 11.6 Å². The van der Waals surface area contributed by atoms with Gasteiger partial charge in [-0.05, 0) is 30.0 Å². The van der Waals surface area contributed by atoms with E-state index < -0.39 is 6.10 Å². The summed E-state index contributed by atoms with van der Waals surface area (Å²) in [5.74, 6) is 1.16. The van der Waals surface area contributed by atoms with Crippen LogP contribution in [0.3, 0.4) is 0 Å². The maximum atomic E-state index is 12.5. The Bertz CT molecular complexity index is 907. The number of rotatable bonds is 8. The van der Waals surface area contributed by atoms with E-state index >= 15 is 0 Å². The molecule has 3 aromatic carbocycles. The molecule has 27 heavy (non-hydrogen) atoms. The number of amides is 1. The number of carbonyl (C=O) groups excluding carboxylic acids is 1. The van der Waals surface area contributed by atoms with Crippen molar-refractivity contribution in [1.82, 2.24) is 5.32 Å². The van der Waals surface area contributed by atoms with Gasteiger partial charge in [0.25, 0.3) is 5.91 Å². The highest BCUT2D eigenvalue weighted by Crippen LogP contribution is 2.26.